The maximum absolute atomic E-state index is 4.64. The van der Waals surface area contributed by atoms with Gasteiger partial charge in [0, 0.05) is 24.3 Å². The molecule has 1 aromatic heterocycles. The summed E-state index contributed by atoms with van der Waals surface area (Å²) in [6.45, 7) is 6.83. The number of unbranched alkanes of at least 4 members (excludes halogenated alkanes) is 2. The fourth-order valence-corrected chi connectivity index (χ4v) is 2.31. The number of hydrogen-bond acceptors (Lipinski definition) is 1. The molecule has 0 atom stereocenters. The number of aliphatic imine (C=N–C) groups is 1. The van der Waals surface area contributed by atoms with E-state index in [4.69, 9.17) is 0 Å². The van der Waals surface area contributed by atoms with Crippen molar-refractivity contribution < 1.29 is 0 Å². The molecule has 0 aliphatic carbocycles. The first-order chi connectivity index (χ1) is 10.3. The van der Waals surface area contributed by atoms with Gasteiger partial charge in [0.25, 0.3) is 0 Å². The second kappa shape index (κ2) is 8.35. The monoisotopic (exact) mass is 286 g/mol. The van der Waals surface area contributed by atoms with E-state index in [2.05, 4.69) is 58.7 Å². The molecule has 0 aliphatic rings. The van der Waals surface area contributed by atoms with Crippen LogP contribution in [0.4, 0.5) is 0 Å². The Morgan fingerprint density at radius 2 is 2.00 bits per heavy atom. The highest BCUT2D eigenvalue weighted by Gasteiger charge is 2.00. The quantitative estimate of drug-likeness (QED) is 0.415. The maximum Gasteiger partial charge on any atom is 0.191 e. The Labute approximate surface area is 127 Å². The number of aromatic amines is 1. The van der Waals surface area contributed by atoms with E-state index in [9.17, 15) is 0 Å². The molecule has 4 nitrogen and oxygen atoms in total. The number of fused-ring (bicyclic) bond motifs is 1. The molecule has 0 aliphatic heterocycles. The van der Waals surface area contributed by atoms with Gasteiger partial charge in [-0.3, -0.25) is 0 Å². The molecule has 1 heterocycles. The van der Waals surface area contributed by atoms with E-state index in [1.807, 2.05) is 6.07 Å². The van der Waals surface area contributed by atoms with Crippen molar-refractivity contribution in [2.45, 2.75) is 39.7 Å². The first kappa shape index (κ1) is 15.4. The van der Waals surface area contributed by atoms with Gasteiger partial charge in [-0.2, -0.15) is 0 Å². The van der Waals surface area contributed by atoms with Crippen LogP contribution < -0.4 is 10.6 Å². The highest BCUT2D eigenvalue weighted by molar-refractivity contribution is 5.81. The zero-order chi connectivity index (χ0) is 14.9. The predicted octanol–water partition coefficient (Wildman–Crippen LogP) is 3.41. The van der Waals surface area contributed by atoms with Crippen molar-refractivity contribution >= 4 is 16.9 Å². The van der Waals surface area contributed by atoms with Crippen LogP contribution in [0, 0.1) is 0 Å². The van der Waals surface area contributed by atoms with E-state index in [1.54, 1.807) is 0 Å². The van der Waals surface area contributed by atoms with E-state index in [0.717, 1.165) is 24.7 Å². The van der Waals surface area contributed by atoms with Crippen LogP contribution >= 0.6 is 0 Å². The number of nitrogens with one attached hydrogen (secondary N) is 3. The fraction of sp³-hybridized carbons (Fsp3) is 0.471. The molecule has 0 unspecified atom stereocenters. The number of H-pyrrole nitrogens is 1. The number of rotatable bonds is 7. The van der Waals surface area contributed by atoms with Gasteiger partial charge in [-0.05, 0) is 30.9 Å². The van der Waals surface area contributed by atoms with Crippen molar-refractivity contribution in [3.63, 3.8) is 0 Å². The third-order valence-electron chi connectivity index (χ3n) is 3.41. The molecule has 21 heavy (non-hydrogen) atoms. The van der Waals surface area contributed by atoms with Crippen LogP contribution in [0.3, 0.4) is 0 Å². The van der Waals surface area contributed by atoms with Gasteiger partial charge in [0.15, 0.2) is 5.96 Å². The van der Waals surface area contributed by atoms with Gasteiger partial charge < -0.3 is 15.6 Å². The summed E-state index contributed by atoms with van der Waals surface area (Å²) in [5.41, 5.74) is 2.31. The lowest BCUT2D eigenvalue weighted by Gasteiger charge is -2.10. The second-order valence-corrected chi connectivity index (χ2v) is 5.21. The molecule has 0 fully saturated rings. The van der Waals surface area contributed by atoms with Crippen LogP contribution in [0.25, 0.3) is 10.9 Å². The molecule has 0 spiro atoms. The summed E-state index contributed by atoms with van der Waals surface area (Å²) in [6.07, 6.45) is 3.69. The summed E-state index contributed by atoms with van der Waals surface area (Å²) >= 11 is 0. The van der Waals surface area contributed by atoms with Crippen molar-refractivity contribution in [2.75, 3.05) is 13.1 Å². The Hall–Kier alpha value is -1.97. The molecule has 0 bridgehead atoms. The fourth-order valence-electron chi connectivity index (χ4n) is 2.31. The Kier molecular flexibility index (Phi) is 6.13. The van der Waals surface area contributed by atoms with Gasteiger partial charge in [-0.15, -0.1) is 0 Å². The summed E-state index contributed by atoms with van der Waals surface area (Å²) in [5.74, 6) is 0.896. The normalized spacial score (nSPS) is 11.8. The average Bonchev–Trinajstić information content (AvgIpc) is 2.92. The first-order valence-corrected chi connectivity index (χ1v) is 7.92. The van der Waals surface area contributed by atoms with Crippen molar-refractivity contribution in [3.8, 4) is 0 Å². The molecule has 114 valence electrons. The summed E-state index contributed by atoms with van der Waals surface area (Å²) in [6, 6.07) is 10.5. The molecule has 3 N–H and O–H groups in total. The molecule has 0 saturated carbocycles. The van der Waals surface area contributed by atoms with E-state index in [1.165, 1.54) is 30.2 Å². The number of nitrogens with zero attached hydrogens (tertiary/aromatic N) is 1. The van der Waals surface area contributed by atoms with Gasteiger partial charge in [-0.1, -0.05) is 38.0 Å². The average molecular weight is 286 g/mol. The second-order valence-electron chi connectivity index (χ2n) is 5.21. The van der Waals surface area contributed by atoms with Crippen molar-refractivity contribution in [1.29, 1.82) is 0 Å². The summed E-state index contributed by atoms with van der Waals surface area (Å²) in [5, 5.41) is 7.91. The minimum Gasteiger partial charge on any atom is -0.357 e. The van der Waals surface area contributed by atoms with Crippen LogP contribution in [-0.2, 0) is 6.54 Å². The Balaban J connectivity index is 1.94. The minimum atomic E-state index is 0.664. The molecule has 1 aromatic carbocycles. The zero-order valence-electron chi connectivity index (χ0n) is 13.1. The van der Waals surface area contributed by atoms with E-state index >= 15 is 0 Å². The lowest BCUT2D eigenvalue weighted by atomic mass is 10.2. The molecular weight excluding hydrogens is 260 g/mol. The topological polar surface area (TPSA) is 52.2 Å². The van der Waals surface area contributed by atoms with Crippen LogP contribution in [-0.4, -0.2) is 24.0 Å². The Bertz CT molecular complexity index is 538. The van der Waals surface area contributed by atoms with Crippen LogP contribution in [0.2, 0.25) is 0 Å². The highest BCUT2D eigenvalue weighted by Crippen LogP contribution is 2.14. The van der Waals surface area contributed by atoms with Gasteiger partial charge in [0.05, 0.1) is 6.54 Å². The smallest absolute Gasteiger partial charge is 0.191 e. The Morgan fingerprint density at radius 1 is 1.14 bits per heavy atom. The maximum atomic E-state index is 4.64. The molecule has 0 radical (unpaired) electrons. The van der Waals surface area contributed by atoms with Crippen molar-refractivity contribution in [3.05, 3.63) is 36.0 Å². The predicted molar refractivity (Wildman–Crippen MR) is 90.6 cm³/mol. The van der Waals surface area contributed by atoms with Crippen LogP contribution in [0.5, 0.6) is 0 Å². The summed E-state index contributed by atoms with van der Waals surface area (Å²) in [4.78, 5) is 8.05. The van der Waals surface area contributed by atoms with Gasteiger partial charge in [-0.25, -0.2) is 4.99 Å². The lowest BCUT2D eigenvalue weighted by Crippen LogP contribution is -2.37. The lowest BCUT2D eigenvalue weighted by molar-refractivity contribution is 0.683. The number of aromatic nitrogens is 1. The van der Waals surface area contributed by atoms with Crippen LogP contribution in [0.15, 0.2) is 35.3 Å². The minimum absolute atomic E-state index is 0.664. The molecule has 0 amide bonds. The SMILES string of the molecule is CCCCCNC(=NCc1cc2ccccc2[nH]1)NCC. The van der Waals surface area contributed by atoms with Gasteiger partial charge in [0.2, 0.25) is 0 Å². The highest BCUT2D eigenvalue weighted by atomic mass is 15.2. The van der Waals surface area contributed by atoms with E-state index in [-0.39, 0.29) is 0 Å². The van der Waals surface area contributed by atoms with E-state index < -0.39 is 0 Å². The van der Waals surface area contributed by atoms with Gasteiger partial charge in [0.1, 0.15) is 0 Å². The molecule has 2 aromatic rings. The largest absolute Gasteiger partial charge is 0.357 e. The van der Waals surface area contributed by atoms with Crippen molar-refractivity contribution in [1.82, 2.24) is 15.6 Å². The zero-order valence-corrected chi connectivity index (χ0v) is 13.1. The first-order valence-electron chi connectivity index (χ1n) is 7.92. The number of benzene rings is 1. The third-order valence-corrected chi connectivity index (χ3v) is 3.41. The van der Waals surface area contributed by atoms with E-state index in [0.29, 0.717) is 6.54 Å². The molecule has 2 rings (SSSR count). The Morgan fingerprint density at radius 3 is 2.76 bits per heavy atom. The number of para-hydroxylation sites is 1. The van der Waals surface area contributed by atoms with Gasteiger partial charge >= 0.3 is 0 Å². The summed E-state index contributed by atoms with van der Waals surface area (Å²) < 4.78 is 0. The number of guanidine groups is 1. The molecule has 4 heteroatoms. The van der Waals surface area contributed by atoms with Crippen LogP contribution in [0.1, 0.15) is 38.8 Å². The standard InChI is InChI=1S/C17H26N4/c1-3-5-8-11-19-17(18-4-2)20-13-15-12-14-9-6-7-10-16(14)21-15/h6-7,9-10,12,21H,3-5,8,11,13H2,1-2H3,(H2,18,19,20). The van der Waals surface area contributed by atoms with Crippen molar-refractivity contribution in [2.24, 2.45) is 4.99 Å². The summed E-state index contributed by atoms with van der Waals surface area (Å²) in [7, 11) is 0. The molecule has 0 saturated heterocycles. The third kappa shape index (κ3) is 4.81. The number of hydrogen-bond donors (Lipinski definition) is 3. The molecular formula is C17H26N4.